The van der Waals surface area contributed by atoms with E-state index >= 15 is 0 Å². The van der Waals surface area contributed by atoms with E-state index < -0.39 is 19.1 Å². The maximum absolute atomic E-state index is 12.2. The minimum Gasteiger partial charge on any atom is -0.481 e. The van der Waals surface area contributed by atoms with Gasteiger partial charge in [0, 0.05) is 6.92 Å². The van der Waals surface area contributed by atoms with Gasteiger partial charge in [0.25, 0.3) is 5.97 Å². The summed E-state index contributed by atoms with van der Waals surface area (Å²) in [6.07, 6.45) is 0.611. The second-order valence-electron chi connectivity index (χ2n) is 3.11. The molecule has 0 spiro atoms. The number of methoxy groups -OCH3 is 1. The summed E-state index contributed by atoms with van der Waals surface area (Å²) < 4.78 is 16.2. The number of benzene rings is 1. The number of aliphatic carboxylic acids is 1. The van der Waals surface area contributed by atoms with Gasteiger partial charge in [-0.15, -0.1) is 0 Å². The van der Waals surface area contributed by atoms with E-state index in [1.54, 1.807) is 0 Å². The fourth-order valence-electron chi connectivity index (χ4n) is 0.694. The lowest BCUT2D eigenvalue weighted by Crippen LogP contribution is -2.29. The van der Waals surface area contributed by atoms with E-state index in [1.807, 2.05) is 0 Å². The molecule has 0 bridgehead atoms. The van der Waals surface area contributed by atoms with Crippen LogP contribution in [0.4, 0.5) is 4.39 Å². The van der Waals surface area contributed by atoms with Crippen molar-refractivity contribution in [2.75, 3.05) is 7.11 Å². The Morgan fingerprint density at radius 1 is 1.30 bits per heavy atom. The van der Waals surface area contributed by atoms with Gasteiger partial charge in [0.05, 0.1) is 7.11 Å². The van der Waals surface area contributed by atoms with E-state index in [2.05, 4.69) is 4.74 Å². The van der Waals surface area contributed by atoms with E-state index in [-0.39, 0.29) is 5.82 Å². The molecule has 0 saturated heterocycles. The van der Waals surface area contributed by atoms with Crippen LogP contribution in [0.15, 0.2) is 24.3 Å². The number of carboxylic acids is 1. The summed E-state index contributed by atoms with van der Waals surface area (Å²) >= 11 is 0. The van der Waals surface area contributed by atoms with Crippen molar-refractivity contribution in [3.63, 3.8) is 0 Å². The van der Waals surface area contributed by atoms with Crippen molar-refractivity contribution in [1.29, 1.82) is 5.41 Å². The van der Waals surface area contributed by atoms with Crippen LogP contribution in [0.25, 0.3) is 0 Å². The normalized spacial score (nSPS) is 8.05. The fraction of sp³-hybridized carbons (Fsp3) is 0.182. The highest BCUT2D eigenvalue weighted by atomic mass is 19.1. The highest BCUT2D eigenvalue weighted by Crippen LogP contribution is 1.92. The summed E-state index contributed by atoms with van der Waals surface area (Å²) in [6, 6.07) is 4.99. The number of carbonyl (C=O) groups is 2. The molecule has 0 radical (unpaired) electrons. The van der Waals surface area contributed by atoms with Gasteiger partial charge >= 0.3 is 13.1 Å². The van der Waals surface area contributed by atoms with Gasteiger partial charge in [-0.25, -0.2) is 9.18 Å². The number of nitrogens with one attached hydrogen (secondary N) is 1. The molecule has 1 aromatic rings. The summed E-state index contributed by atoms with van der Waals surface area (Å²) in [5, 5.41) is 30.7. The highest BCUT2D eigenvalue weighted by Gasteiger charge is 2.08. The second kappa shape index (κ2) is 11.8. The number of ether oxygens (including phenoxy) is 1. The van der Waals surface area contributed by atoms with Crippen molar-refractivity contribution in [2.24, 2.45) is 0 Å². The third kappa shape index (κ3) is 13.8. The van der Waals surface area contributed by atoms with Crippen LogP contribution in [0.3, 0.4) is 0 Å². The number of halogens is 1. The molecule has 7 nitrogen and oxygen atoms in total. The number of hydrogen-bond acceptors (Lipinski definition) is 6. The van der Waals surface area contributed by atoms with Gasteiger partial charge < -0.3 is 25.3 Å². The van der Waals surface area contributed by atoms with Crippen LogP contribution in [0.1, 0.15) is 6.92 Å². The lowest BCUT2D eigenvalue weighted by molar-refractivity contribution is -0.134. The van der Waals surface area contributed by atoms with E-state index in [1.165, 1.54) is 31.4 Å². The molecule has 1 rings (SSSR count). The Bertz CT molecular complexity index is 419. The maximum Gasteiger partial charge on any atom is 0.488 e. The van der Waals surface area contributed by atoms with E-state index in [0.29, 0.717) is 11.7 Å². The van der Waals surface area contributed by atoms with Gasteiger partial charge in [-0.2, -0.15) is 0 Å². The average molecular weight is 287 g/mol. The summed E-state index contributed by atoms with van der Waals surface area (Å²) in [5.41, 5.74) is 0.293. The first-order valence-corrected chi connectivity index (χ1v) is 5.14. The summed E-state index contributed by atoms with van der Waals surface area (Å²) in [5.74, 6) is -1.83. The largest absolute Gasteiger partial charge is 0.488 e. The van der Waals surface area contributed by atoms with Crippen LogP contribution in [0.5, 0.6) is 0 Å². The van der Waals surface area contributed by atoms with Crippen molar-refractivity contribution in [3.05, 3.63) is 30.1 Å². The van der Waals surface area contributed by atoms with Gasteiger partial charge in [-0.1, -0.05) is 12.1 Å². The molecule has 0 saturated carbocycles. The molecule has 0 aliphatic heterocycles. The molecule has 0 aliphatic rings. The van der Waals surface area contributed by atoms with Crippen molar-refractivity contribution in [2.45, 2.75) is 6.92 Å². The molecule has 0 heterocycles. The Hall–Kier alpha value is -2.26. The highest BCUT2D eigenvalue weighted by molar-refractivity contribution is 6.58. The Kier molecular flexibility index (Phi) is 11.9. The number of carbonyl (C=O) groups excluding carboxylic acids is 1. The molecule has 1 aromatic carbocycles. The zero-order valence-electron chi connectivity index (χ0n) is 10.9. The topological polar surface area (TPSA) is 128 Å². The first kappa shape index (κ1) is 20.1. The van der Waals surface area contributed by atoms with E-state index in [9.17, 15) is 9.18 Å². The van der Waals surface area contributed by atoms with Gasteiger partial charge in [-0.05, 0) is 17.6 Å². The number of rotatable bonds is 2. The lowest BCUT2D eigenvalue weighted by atomic mass is 9.80. The Balaban J connectivity index is 0. The van der Waals surface area contributed by atoms with Crippen LogP contribution in [-0.4, -0.2) is 47.5 Å². The molecular formula is C11H15BFNO6. The SMILES string of the molecule is CC(=O)O.COC(=O)C=N.OB(O)c1ccc(F)cc1. The van der Waals surface area contributed by atoms with Gasteiger partial charge in [0.1, 0.15) is 12.0 Å². The summed E-state index contributed by atoms with van der Waals surface area (Å²) in [7, 11) is -0.284. The maximum atomic E-state index is 12.2. The van der Waals surface area contributed by atoms with Crippen LogP contribution < -0.4 is 5.46 Å². The summed E-state index contributed by atoms with van der Waals surface area (Å²) in [4.78, 5) is 18.7. The molecule has 0 unspecified atom stereocenters. The summed E-state index contributed by atoms with van der Waals surface area (Å²) in [6.45, 7) is 1.08. The first-order valence-electron chi connectivity index (χ1n) is 5.14. The van der Waals surface area contributed by atoms with Crippen LogP contribution in [0.2, 0.25) is 0 Å². The third-order valence-corrected chi connectivity index (χ3v) is 1.49. The second-order valence-corrected chi connectivity index (χ2v) is 3.11. The Labute approximate surface area is 115 Å². The molecule has 0 aliphatic carbocycles. The minimum absolute atomic E-state index is 0.293. The fourth-order valence-corrected chi connectivity index (χ4v) is 0.694. The van der Waals surface area contributed by atoms with Crippen molar-refractivity contribution >= 4 is 30.7 Å². The monoisotopic (exact) mass is 287 g/mol. The predicted octanol–water partition coefficient (Wildman–Crippen LogP) is -0.595. The average Bonchev–Trinajstić information content (AvgIpc) is 2.38. The molecule has 4 N–H and O–H groups in total. The lowest BCUT2D eigenvalue weighted by Gasteiger charge is -1.95. The number of esters is 1. The van der Waals surface area contributed by atoms with E-state index in [4.69, 9.17) is 25.4 Å². The molecule has 0 fully saturated rings. The Morgan fingerprint density at radius 3 is 1.90 bits per heavy atom. The molecule has 110 valence electrons. The third-order valence-electron chi connectivity index (χ3n) is 1.49. The van der Waals surface area contributed by atoms with Crippen molar-refractivity contribution in [3.8, 4) is 0 Å². The zero-order valence-corrected chi connectivity index (χ0v) is 10.9. The number of carboxylic acid groups (broad SMARTS) is 1. The van der Waals surface area contributed by atoms with Gasteiger partial charge in [0.15, 0.2) is 0 Å². The smallest absolute Gasteiger partial charge is 0.481 e. The first-order chi connectivity index (χ1) is 9.24. The predicted molar refractivity (Wildman–Crippen MR) is 70.3 cm³/mol. The standard InChI is InChI=1S/C6H6BFO2.C3H5NO2.C2H4O2/c8-6-3-1-5(2-4-6)7(9)10;1-6-3(5)2-4;1-2(3)4/h1-4,9-10H;2,4H,1H3;1H3,(H,3,4). The minimum atomic E-state index is -1.51. The molecule has 0 aromatic heterocycles. The van der Waals surface area contributed by atoms with Gasteiger partial charge in [0.2, 0.25) is 0 Å². The van der Waals surface area contributed by atoms with Crippen LogP contribution in [0, 0.1) is 11.2 Å². The molecule has 20 heavy (non-hydrogen) atoms. The van der Waals surface area contributed by atoms with Crippen molar-refractivity contribution in [1.82, 2.24) is 0 Å². The van der Waals surface area contributed by atoms with Crippen LogP contribution >= 0.6 is 0 Å². The number of hydrogen-bond donors (Lipinski definition) is 4. The molecular weight excluding hydrogens is 272 g/mol. The molecule has 9 heteroatoms. The Morgan fingerprint density at radius 2 is 1.70 bits per heavy atom. The van der Waals surface area contributed by atoms with E-state index in [0.717, 1.165) is 6.92 Å². The van der Waals surface area contributed by atoms with Crippen molar-refractivity contribution < 1.29 is 33.9 Å². The zero-order chi connectivity index (χ0) is 16.1. The molecule has 0 amide bonds. The quantitative estimate of drug-likeness (QED) is 0.327. The van der Waals surface area contributed by atoms with Crippen LogP contribution in [-0.2, 0) is 14.3 Å². The van der Waals surface area contributed by atoms with Gasteiger partial charge in [-0.3, -0.25) is 4.79 Å². The molecule has 0 atom stereocenters.